The molecule has 5 nitrogen and oxygen atoms in total. The van der Waals surface area contributed by atoms with Crippen molar-refractivity contribution in [1.82, 2.24) is 13.9 Å². The number of H-pyrrole nitrogens is 1. The van der Waals surface area contributed by atoms with Crippen LogP contribution in [0, 0.1) is 6.92 Å². The number of aromatic nitrogens is 3. The maximum atomic E-state index is 5.43. The number of aromatic amines is 1. The fourth-order valence-electron chi connectivity index (χ4n) is 3.90. The number of hydrogen-bond donors (Lipinski definition) is 1. The lowest BCUT2D eigenvalue weighted by Gasteiger charge is -2.02. The molecule has 5 rings (SSSR count). The number of aryl methyl sites for hydroxylation is 1. The maximum absolute atomic E-state index is 5.43. The summed E-state index contributed by atoms with van der Waals surface area (Å²) >= 11 is 3.33. The SMILES string of the molecule is COc1ccc2[nH]c(C)c(-c3csc(-c4cn(SC)c5cc(OC)ccc45)n3)c2c1. The molecule has 2 aromatic carbocycles. The molecule has 0 unspecified atom stereocenters. The lowest BCUT2D eigenvalue weighted by molar-refractivity contribution is 0.415. The van der Waals surface area contributed by atoms with E-state index in [0.29, 0.717) is 0 Å². The van der Waals surface area contributed by atoms with E-state index in [2.05, 4.69) is 58.0 Å². The first-order valence-electron chi connectivity index (χ1n) is 9.49. The fourth-order valence-corrected chi connectivity index (χ4v) is 5.29. The number of thiazole rings is 1. The van der Waals surface area contributed by atoms with Crippen molar-refractivity contribution < 1.29 is 9.47 Å². The minimum Gasteiger partial charge on any atom is -0.497 e. The first-order valence-corrected chi connectivity index (χ1v) is 11.5. The zero-order valence-corrected chi connectivity index (χ0v) is 18.8. The molecule has 0 saturated carbocycles. The van der Waals surface area contributed by atoms with Crippen LogP contribution in [-0.4, -0.2) is 34.4 Å². The van der Waals surface area contributed by atoms with Crippen molar-refractivity contribution in [3.05, 3.63) is 53.7 Å². The first kappa shape index (κ1) is 19.1. The highest BCUT2D eigenvalue weighted by Crippen LogP contribution is 2.40. The molecule has 3 aromatic heterocycles. The van der Waals surface area contributed by atoms with Crippen LogP contribution in [-0.2, 0) is 0 Å². The van der Waals surface area contributed by atoms with E-state index < -0.39 is 0 Å². The number of benzene rings is 2. The van der Waals surface area contributed by atoms with Crippen molar-refractivity contribution in [3.63, 3.8) is 0 Å². The normalized spacial score (nSPS) is 11.5. The van der Waals surface area contributed by atoms with Crippen molar-refractivity contribution >= 4 is 45.1 Å². The number of fused-ring (bicyclic) bond motifs is 2. The summed E-state index contributed by atoms with van der Waals surface area (Å²) in [4.78, 5) is 8.50. The summed E-state index contributed by atoms with van der Waals surface area (Å²) in [7, 11) is 3.39. The molecule has 7 heteroatoms. The number of nitrogens with one attached hydrogen (secondary N) is 1. The molecular weight excluding hydrogens is 414 g/mol. The number of rotatable bonds is 5. The minimum absolute atomic E-state index is 0.843. The summed E-state index contributed by atoms with van der Waals surface area (Å²) in [6, 6.07) is 12.3. The lowest BCUT2D eigenvalue weighted by atomic mass is 10.1. The third-order valence-electron chi connectivity index (χ3n) is 5.36. The molecule has 3 heterocycles. The highest BCUT2D eigenvalue weighted by atomic mass is 32.2. The van der Waals surface area contributed by atoms with Crippen LogP contribution in [0.3, 0.4) is 0 Å². The Labute approximate surface area is 182 Å². The molecule has 30 heavy (non-hydrogen) atoms. The quantitative estimate of drug-likeness (QED) is 0.349. The predicted octanol–water partition coefficient (Wildman–Crippen LogP) is 6.36. The van der Waals surface area contributed by atoms with Crippen LogP contribution >= 0.6 is 23.3 Å². The van der Waals surface area contributed by atoms with Crippen LogP contribution < -0.4 is 9.47 Å². The smallest absolute Gasteiger partial charge is 0.126 e. The van der Waals surface area contributed by atoms with E-state index in [-0.39, 0.29) is 0 Å². The Morgan fingerprint density at radius 3 is 2.57 bits per heavy atom. The largest absolute Gasteiger partial charge is 0.497 e. The monoisotopic (exact) mass is 435 g/mol. The number of hydrogen-bond acceptors (Lipinski definition) is 5. The van der Waals surface area contributed by atoms with Crippen molar-refractivity contribution in [2.24, 2.45) is 0 Å². The van der Waals surface area contributed by atoms with Crippen molar-refractivity contribution in [3.8, 4) is 33.3 Å². The second-order valence-corrected chi connectivity index (χ2v) is 8.63. The van der Waals surface area contributed by atoms with Gasteiger partial charge >= 0.3 is 0 Å². The molecule has 0 bridgehead atoms. The third-order valence-corrected chi connectivity index (χ3v) is 6.93. The molecule has 5 aromatic rings. The maximum Gasteiger partial charge on any atom is 0.126 e. The molecule has 0 aliphatic rings. The van der Waals surface area contributed by atoms with Gasteiger partial charge in [-0.3, -0.25) is 3.97 Å². The fraction of sp³-hybridized carbons (Fsp3) is 0.174. The Bertz CT molecular complexity index is 1380. The Morgan fingerprint density at radius 1 is 1.03 bits per heavy atom. The van der Waals surface area contributed by atoms with E-state index in [1.807, 2.05) is 12.1 Å². The highest BCUT2D eigenvalue weighted by molar-refractivity contribution is 7.97. The van der Waals surface area contributed by atoms with Crippen LogP contribution in [0.5, 0.6) is 11.5 Å². The highest BCUT2D eigenvalue weighted by Gasteiger charge is 2.18. The van der Waals surface area contributed by atoms with Gasteiger partial charge < -0.3 is 14.5 Å². The van der Waals surface area contributed by atoms with Gasteiger partial charge in [-0.2, -0.15) is 0 Å². The van der Waals surface area contributed by atoms with E-state index in [9.17, 15) is 0 Å². The Kier molecular flexibility index (Phi) is 4.72. The molecule has 0 atom stereocenters. The van der Waals surface area contributed by atoms with Gasteiger partial charge in [0.25, 0.3) is 0 Å². The van der Waals surface area contributed by atoms with Crippen molar-refractivity contribution in [1.29, 1.82) is 0 Å². The second kappa shape index (κ2) is 7.41. The van der Waals surface area contributed by atoms with Crippen LogP contribution in [0.2, 0.25) is 0 Å². The predicted molar refractivity (Wildman–Crippen MR) is 127 cm³/mol. The molecule has 0 radical (unpaired) electrons. The molecule has 1 N–H and O–H groups in total. The lowest BCUT2D eigenvalue weighted by Crippen LogP contribution is -1.84. The zero-order valence-electron chi connectivity index (χ0n) is 17.1. The van der Waals surface area contributed by atoms with Gasteiger partial charge in [-0.1, -0.05) is 0 Å². The summed E-state index contributed by atoms with van der Waals surface area (Å²) in [6.45, 7) is 2.09. The van der Waals surface area contributed by atoms with Gasteiger partial charge in [0.1, 0.15) is 16.5 Å². The topological polar surface area (TPSA) is 52.1 Å². The van der Waals surface area contributed by atoms with Crippen molar-refractivity contribution in [2.75, 3.05) is 20.5 Å². The van der Waals surface area contributed by atoms with Gasteiger partial charge in [0.2, 0.25) is 0 Å². The van der Waals surface area contributed by atoms with Crippen LogP contribution in [0.15, 0.2) is 48.0 Å². The molecule has 0 aliphatic carbocycles. The third kappa shape index (κ3) is 2.97. The van der Waals surface area contributed by atoms with E-state index in [0.717, 1.165) is 55.4 Å². The number of nitrogens with zero attached hydrogens (tertiary/aromatic N) is 2. The first-order chi connectivity index (χ1) is 14.6. The summed E-state index contributed by atoms with van der Waals surface area (Å²) in [5.41, 5.74) is 6.55. The molecule has 0 saturated heterocycles. The zero-order chi connectivity index (χ0) is 20.8. The van der Waals surface area contributed by atoms with Gasteiger partial charge in [-0.05, 0) is 49.2 Å². The standard InChI is InChI=1S/C23H21N3O2S2/c1-13-22(17-9-14(27-2)6-8-19(17)24-13)20-12-30-23(25-20)18-11-26(29-4)21-10-15(28-3)5-7-16(18)21/h5-12,24H,1-4H3. The Morgan fingerprint density at radius 2 is 1.80 bits per heavy atom. The summed E-state index contributed by atoms with van der Waals surface area (Å²) in [5, 5.41) is 5.43. The number of methoxy groups -OCH3 is 2. The summed E-state index contributed by atoms with van der Waals surface area (Å²) < 4.78 is 13.0. The van der Waals surface area contributed by atoms with E-state index in [4.69, 9.17) is 14.5 Å². The average molecular weight is 436 g/mol. The summed E-state index contributed by atoms with van der Waals surface area (Å²) in [6.07, 6.45) is 4.22. The van der Waals surface area contributed by atoms with Crippen molar-refractivity contribution in [2.45, 2.75) is 6.92 Å². The van der Waals surface area contributed by atoms with Gasteiger partial charge in [0, 0.05) is 57.0 Å². The molecule has 0 amide bonds. The summed E-state index contributed by atoms with van der Waals surface area (Å²) in [5.74, 6) is 1.70. The number of ether oxygens (including phenoxy) is 2. The van der Waals surface area contributed by atoms with Crippen LogP contribution in [0.1, 0.15) is 5.69 Å². The Hall–Kier alpha value is -2.90. The van der Waals surface area contributed by atoms with Gasteiger partial charge in [0.15, 0.2) is 0 Å². The molecule has 0 spiro atoms. The second-order valence-electron chi connectivity index (χ2n) is 7.01. The van der Waals surface area contributed by atoms with E-state index in [1.165, 1.54) is 5.39 Å². The molecular formula is C23H21N3O2S2. The van der Waals surface area contributed by atoms with Gasteiger partial charge in [-0.15, -0.1) is 11.3 Å². The molecule has 152 valence electrons. The van der Waals surface area contributed by atoms with E-state index >= 15 is 0 Å². The molecule has 0 aliphatic heterocycles. The van der Waals surface area contributed by atoms with Gasteiger partial charge in [-0.25, -0.2) is 4.98 Å². The van der Waals surface area contributed by atoms with Gasteiger partial charge in [0.05, 0.1) is 25.4 Å². The van der Waals surface area contributed by atoms with E-state index in [1.54, 1.807) is 37.5 Å². The molecule has 0 fully saturated rings. The average Bonchev–Trinajstić information content (AvgIpc) is 3.46. The minimum atomic E-state index is 0.843. The Balaban J connectivity index is 1.65. The van der Waals surface area contributed by atoms with Crippen LogP contribution in [0.25, 0.3) is 43.6 Å². The van der Waals surface area contributed by atoms with Crippen LogP contribution in [0.4, 0.5) is 0 Å².